The van der Waals surface area contributed by atoms with E-state index in [2.05, 4.69) is 0 Å². The van der Waals surface area contributed by atoms with E-state index in [1.807, 2.05) is 0 Å². The van der Waals surface area contributed by atoms with Crippen molar-refractivity contribution in [3.63, 3.8) is 0 Å². The molecular weight excluding hydrogens is 225 g/mol. The summed E-state index contributed by atoms with van der Waals surface area (Å²) in [4.78, 5) is 23.5. The van der Waals surface area contributed by atoms with Gasteiger partial charge in [-0.25, -0.2) is 9.18 Å². The van der Waals surface area contributed by atoms with Gasteiger partial charge in [-0.3, -0.25) is 4.79 Å². The molecule has 0 saturated heterocycles. The van der Waals surface area contributed by atoms with Gasteiger partial charge in [0, 0.05) is 7.05 Å². The summed E-state index contributed by atoms with van der Waals surface area (Å²) in [5, 5.41) is 8.75. The number of halogens is 1. The van der Waals surface area contributed by atoms with Crippen molar-refractivity contribution in [2.45, 2.75) is 19.4 Å². The van der Waals surface area contributed by atoms with E-state index < -0.39 is 23.7 Å². The summed E-state index contributed by atoms with van der Waals surface area (Å²) in [5.74, 6) is -1.98. The molecule has 1 aromatic rings. The van der Waals surface area contributed by atoms with Crippen LogP contribution < -0.4 is 0 Å². The van der Waals surface area contributed by atoms with Crippen molar-refractivity contribution < 1.29 is 19.1 Å². The van der Waals surface area contributed by atoms with E-state index in [4.69, 9.17) is 5.11 Å². The molecule has 0 aliphatic carbocycles. The monoisotopic (exact) mass is 239 g/mol. The lowest BCUT2D eigenvalue weighted by Gasteiger charge is -2.21. The molecule has 4 nitrogen and oxygen atoms in total. The Bertz CT molecular complexity index is 434. The van der Waals surface area contributed by atoms with Gasteiger partial charge < -0.3 is 10.0 Å². The SMILES string of the molecule is CC(C(=O)O)N(C)C(=O)Cc1ccccc1F. The maximum Gasteiger partial charge on any atom is 0.326 e. The summed E-state index contributed by atoms with van der Waals surface area (Å²) in [5.41, 5.74) is 0.266. The molecule has 0 bridgehead atoms. The van der Waals surface area contributed by atoms with Crippen LogP contribution in [-0.2, 0) is 16.0 Å². The Morgan fingerprint density at radius 3 is 2.53 bits per heavy atom. The van der Waals surface area contributed by atoms with Crippen molar-refractivity contribution >= 4 is 11.9 Å². The van der Waals surface area contributed by atoms with Crippen molar-refractivity contribution in [2.24, 2.45) is 0 Å². The second-order valence-electron chi connectivity index (χ2n) is 3.79. The van der Waals surface area contributed by atoms with Gasteiger partial charge in [-0.2, -0.15) is 0 Å². The van der Waals surface area contributed by atoms with Crippen LogP contribution in [0.2, 0.25) is 0 Å². The number of benzene rings is 1. The molecule has 1 aromatic carbocycles. The number of hydrogen-bond donors (Lipinski definition) is 1. The summed E-state index contributed by atoms with van der Waals surface area (Å²) in [6, 6.07) is 5.02. The number of carboxylic acid groups (broad SMARTS) is 1. The van der Waals surface area contributed by atoms with E-state index in [1.165, 1.54) is 32.2 Å². The Balaban J connectivity index is 2.73. The molecule has 1 N–H and O–H groups in total. The summed E-state index contributed by atoms with van der Waals surface area (Å²) in [6.45, 7) is 1.40. The smallest absolute Gasteiger partial charge is 0.326 e. The molecule has 0 aromatic heterocycles. The average Bonchev–Trinajstić information content (AvgIpc) is 2.30. The predicted molar refractivity (Wildman–Crippen MR) is 60.0 cm³/mol. The van der Waals surface area contributed by atoms with Crippen LogP contribution in [0.4, 0.5) is 4.39 Å². The van der Waals surface area contributed by atoms with E-state index in [1.54, 1.807) is 6.07 Å². The molecule has 1 amide bonds. The Kier molecular flexibility index (Phi) is 4.20. The molecule has 1 rings (SSSR count). The normalized spacial score (nSPS) is 11.9. The maximum absolute atomic E-state index is 13.3. The van der Waals surface area contributed by atoms with Crippen molar-refractivity contribution in [3.05, 3.63) is 35.6 Å². The quantitative estimate of drug-likeness (QED) is 0.861. The van der Waals surface area contributed by atoms with Crippen LogP contribution >= 0.6 is 0 Å². The lowest BCUT2D eigenvalue weighted by Crippen LogP contribution is -2.41. The van der Waals surface area contributed by atoms with Crippen molar-refractivity contribution in [1.82, 2.24) is 4.90 Å². The fourth-order valence-corrected chi connectivity index (χ4v) is 1.31. The molecule has 92 valence electrons. The zero-order valence-corrected chi connectivity index (χ0v) is 9.68. The van der Waals surface area contributed by atoms with Crippen LogP contribution in [0.25, 0.3) is 0 Å². The number of aliphatic carboxylic acids is 1. The highest BCUT2D eigenvalue weighted by Gasteiger charge is 2.22. The van der Waals surface area contributed by atoms with Gasteiger partial charge in [0.2, 0.25) is 5.91 Å². The third-order valence-corrected chi connectivity index (χ3v) is 2.63. The van der Waals surface area contributed by atoms with Gasteiger partial charge in [-0.15, -0.1) is 0 Å². The number of carbonyl (C=O) groups is 2. The van der Waals surface area contributed by atoms with Crippen molar-refractivity contribution in [2.75, 3.05) is 7.05 Å². The van der Waals surface area contributed by atoms with Crippen molar-refractivity contribution in [3.8, 4) is 0 Å². The topological polar surface area (TPSA) is 57.6 Å². The largest absolute Gasteiger partial charge is 0.480 e. The molecule has 1 unspecified atom stereocenters. The van der Waals surface area contributed by atoms with Gasteiger partial charge >= 0.3 is 5.97 Å². The molecule has 0 radical (unpaired) electrons. The second-order valence-corrected chi connectivity index (χ2v) is 3.79. The van der Waals surface area contributed by atoms with Crippen molar-refractivity contribution in [1.29, 1.82) is 0 Å². The molecule has 5 heteroatoms. The number of nitrogens with zero attached hydrogens (tertiary/aromatic N) is 1. The van der Waals surface area contributed by atoms with Gasteiger partial charge in [0.05, 0.1) is 6.42 Å². The van der Waals surface area contributed by atoms with Crippen LogP contribution in [0, 0.1) is 5.82 Å². The summed E-state index contributed by atoms with van der Waals surface area (Å²) in [6.07, 6.45) is -0.138. The lowest BCUT2D eigenvalue weighted by molar-refractivity contribution is -0.148. The Morgan fingerprint density at radius 2 is 2.00 bits per heavy atom. The minimum absolute atomic E-state index is 0.138. The summed E-state index contributed by atoms with van der Waals surface area (Å²) < 4.78 is 13.3. The van der Waals surface area contributed by atoms with Crippen LogP contribution in [0.3, 0.4) is 0 Å². The molecule has 0 saturated carbocycles. The predicted octanol–water partition coefficient (Wildman–Crippen LogP) is 1.30. The van der Waals surface area contributed by atoms with E-state index in [-0.39, 0.29) is 12.0 Å². The second kappa shape index (κ2) is 5.43. The minimum atomic E-state index is -1.09. The first-order chi connectivity index (χ1) is 7.93. The minimum Gasteiger partial charge on any atom is -0.480 e. The zero-order chi connectivity index (χ0) is 13.0. The summed E-state index contributed by atoms with van der Waals surface area (Å²) >= 11 is 0. The maximum atomic E-state index is 13.3. The first-order valence-corrected chi connectivity index (χ1v) is 5.15. The standard InChI is InChI=1S/C12H14FNO3/c1-8(12(16)17)14(2)11(15)7-9-5-3-4-6-10(9)13/h3-6,8H,7H2,1-2H3,(H,16,17). The number of hydrogen-bond acceptors (Lipinski definition) is 2. The molecule has 0 aliphatic heterocycles. The molecule has 0 spiro atoms. The highest BCUT2D eigenvalue weighted by atomic mass is 19.1. The van der Waals surface area contributed by atoms with E-state index in [0.717, 1.165) is 4.90 Å². The highest BCUT2D eigenvalue weighted by molar-refractivity contribution is 5.84. The van der Waals surface area contributed by atoms with E-state index >= 15 is 0 Å². The number of carbonyl (C=O) groups excluding carboxylic acids is 1. The molecule has 0 aliphatic rings. The van der Waals surface area contributed by atoms with E-state index in [0.29, 0.717) is 0 Å². The van der Waals surface area contributed by atoms with Gasteiger partial charge in [-0.1, -0.05) is 18.2 Å². The number of carboxylic acids is 1. The first-order valence-electron chi connectivity index (χ1n) is 5.15. The van der Waals surface area contributed by atoms with Crippen LogP contribution in [-0.4, -0.2) is 35.0 Å². The average molecular weight is 239 g/mol. The Hall–Kier alpha value is -1.91. The molecule has 0 heterocycles. The van der Waals surface area contributed by atoms with Gasteiger partial charge in [-0.05, 0) is 18.6 Å². The van der Waals surface area contributed by atoms with E-state index in [9.17, 15) is 14.0 Å². The lowest BCUT2D eigenvalue weighted by atomic mass is 10.1. The zero-order valence-electron chi connectivity index (χ0n) is 9.68. The highest BCUT2D eigenvalue weighted by Crippen LogP contribution is 2.09. The molecule has 0 fully saturated rings. The number of amides is 1. The summed E-state index contributed by atoms with van der Waals surface area (Å²) in [7, 11) is 1.39. The van der Waals surface area contributed by atoms with Gasteiger partial charge in [0.25, 0.3) is 0 Å². The number of likely N-dealkylation sites (N-methyl/N-ethyl adjacent to an activating group) is 1. The third-order valence-electron chi connectivity index (χ3n) is 2.63. The van der Waals surface area contributed by atoms with Crippen LogP contribution in [0.5, 0.6) is 0 Å². The van der Waals surface area contributed by atoms with Crippen LogP contribution in [0.15, 0.2) is 24.3 Å². The fourth-order valence-electron chi connectivity index (χ4n) is 1.31. The molecular formula is C12H14FNO3. The molecule has 17 heavy (non-hydrogen) atoms. The Morgan fingerprint density at radius 1 is 1.41 bits per heavy atom. The first kappa shape index (κ1) is 13.2. The Labute approximate surface area is 98.7 Å². The van der Waals surface area contributed by atoms with Gasteiger partial charge in [0.15, 0.2) is 0 Å². The third kappa shape index (κ3) is 3.27. The molecule has 1 atom stereocenters. The van der Waals surface area contributed by atoms with Gasteiger partial charge in [0.1, 0.15) is 11.9 Å². The number of rotatable bonds is 4. The van der Waals surface area contributed by atoms with Crippen LogP contribution in [0.1, 0.15) is 12.5 Å². The fraction of sp³-hybridized carbons (Fsp3) is 0.333.